The maximum Gasteiger partial charge on any atom is 0.230 e. The van der Waals surface area contributed by atoms with E-state index in [1.54, 1.807) is 7.11 Å². The highest BCUT2D eigenvalue weighted by molar-refractivity contribution is 7.81. The molecule has 0 aromatic heterocycles. The standard InChI is InChI=1S/C8H17NO2S/c1-6(2)7(4-11-3)9-8(10)5-12/h6-7,12H,4-5H2,1-3H3,(H,9,10). The van der Waals surface area contributed by atoms with Crippen LogP contribution in [0.4, 0.5) is 0 Å². The molecule has 0 aromatic rings. The summed E-state index contributed by atoms with van der Waals surface area (Å²) in [5.41, 5.74) is 0. The van der Waals surface area contributed by atoms with Gasteiger partial charge >= 0.3 is 0 Å². The summed E-state index contributed by atoms with van der Waals surface area (Å²) in [5, 5.41) is 2.83. The van der Waals surface area contributed by atoms with Crippen molar-refractivity contribution in [1.29, 1.82) is 0 Å². The van der Waals surface area contributed by atoms with Crippen molar-refractivity contribution in [2.24, 2.45) is 5.92 Å². The van der Waals surface area contributed by atoms with Gasteiger partial charge in [0, 0.05) is 7.11 Å². The highest BCUT2D eigenvalue weighted by Gasteiger charge is 2.14. The number of ether oxygens (including phenoxy) is 1. The van der Waals surface area contributed by atoms with Crippen LogP contribution in [-0.2, 0) is 9.53 Å². The summed E-state index contributed by atoms with van der Waals surface area (Å²) in [6.07, 6.45) is 0. The van der Waals surface area contributed by atoms with Gasteiger partial charge in [-0.15, -0.1) is 0 Å². The zero-order valence-electron chi connectivity index (χ0n) is 7.83. The second-order valence-corrected chi connectivity index (χ2v) is 3.35. The van der Waals surface area contributed by atoms with Gasteiger partial charge in [-0.1, -0.05) is 13.8 Å². The quantitative estimate of drug-likeness (QED) is 0.628. The molecule has 0 rings (SSSR count). The van der Waals surface area contributed by atoms with E-state index in [2.05, 4.69) is 17.9 Å². The van der Waals surface area contributed by atoms with E-state index in [0.717, 1.165) is 0 Å². The van der Waals surface area contributed by atoms with Crippen molar-refractivity contribution in [3.05, 3.63) is 0 Å². The van der Waals surface area contributed by atoms with Crippen LogP contribution in [0.3, 0.4) is 0 Å². The van der Waals surface area contributed by atoms with Gasteiger partial charge in [-0.3, -0.25) is 4.79 Å². The first-order chi connectivity index (χ1) is 5.61. The minimum Gasteiger partial charge on any atom is -0.383 e. The Hall–Kier alpha value is -0.220. The molecule has 1 N–H and O–H groups in total. The maximum absolute atomic E-state index is 11.0. The number of carbonyl (C=O) groups excluding carboxylic acids is 1. The molecule has 0 aromatic carbocycles. The van der Waals surface area contributed by atoms with Crippen molar-refractivity contribution in [2.45, 2.75) is 19.9 Å². The summed E-state index contributed by atoms with van der Waals surface area (Å²) in [5.74, 6) is 0.565. The molecule has 1 amide bonds. The first-order valence-electron chi connectivity index (χ1n) is 4.01. The molecule has 0 bridgehead atoms. The van der Waals surface area contributed by atoms with Gasteiger partial charge in [-0.2, -0.15) is 12.6 Å². The van der Waals surface area contributed by atoms with E-state index in [9.17, 15) is 4.79 Å². The van der Waals surface area contributed by atoms with Crippen molar-refractivity contribution in [3.8, 4) is 0 Å². The Morgan fingerprint density at radius 2 is 2.17 bits per heavy atom. The lowest BCUT2D eigenvalue weighted by atomic mass is 10.1. The number of thiol groups is 1. The molecule has 0 aliphatic carbocycles. The number of methoxy groups -OCH3 is 1. The third-order valence-corrected chi connectivity index (χ3v) is 1.93. The zero-order chi connectivity index (χ0) is 9.56. The van der Waals surface area contributed by atoms with E-state index in [1.807, 2.05) is 13.8 Å². The average molecular weight is 191 g/mol. The van der Waals surface area contributed by atoms with Gasteiger partial charge in [0.05, 0.1) is 18.4 Å². The molecule has 4 heteroatoms. The van der Waals surface area contributed by atoms with Gasteiger partial charge in [0.2, 0.25) is 5.91 Å². The Bertz CT molecular complexity index is 139. The lowest BCUT2D eigenvalue weighted by Gasteiger charge is -2.20. The van der Waals surface area contributed by atoms with Crippen LogP contribution in [0.5, 0.6) is 0 Å². The first-order valence-corrected chi connectivity index (χ1v) is 4.64. The SMILES string of the molecule is COCC(NC(=O)CS)C(C)C. The summed E-state index contributed by atoms with van der Waals surface area (Å²) >= 11 is 3.87. The van der Waals surface area contributed by atoms with E-state index < -0.39 is 0 Å². The largest absolute Gasteiger partial charge is 0.383 e. The van der Waals surface area contributed by atoms with Crippen molar-refractivity contribution >= 4 is 18.5 Å². The van der Waals surface area contributed by atoms with E-state index >= 15 is 0 Å². The van der Waals surface area contributed by atoms with Crippen LogP contribution >= 0.6 is 12.6 Å². The smallest absolute Gasteiger partial charge is 0.230 e. The highest BCUT2D eigenvalue weighted by Crippen LogP contribution is 2.01. The van der Waals surface area contributed by atoms with Crippen LogP contribution in [-0.4, -0.2) is 31.4 Å². The van der Waals surface area contributed by atoms with Crippen molar-refractivity contribution < 1.29 is 9.53 Å². The number of hydrogen-bond acceptors (Lipinski definition) is 3. The second kappa shape index (κ2) is 6.31. The fourth-order valence-corrected chi connectivity index (χ4v) is 0.924. The van der Waals surface area contributed by atoms with Crippen LogP contribution in [0.15, 0.2) is 0 Å². The van der Waals surface area contributed by atoms with Crippen LogP contribution in [0, 0.1) is 5.92 Å². The predicted molar refractivity (Wildman–Crippen MR) is 52.5 cm³/mol. The van der Waals surface area contributed by atoms with Crippen molar-refractivity contribution in [1.82, 2.24) is 5.32 Å². The molecular weight excluding hydrogens is 174 g/mol. The fourth-order valence-electron chi connectivity index (χ4n) is 0.833. The zero-order valence-corrected chi connectivity index (χ0v) is 8.73. The average Bonchev–Trinajstić information content (AvgIpc) is 2.03. The molecule has 0 fully saturated rings. The van der Waals surface area contributed by atoms with E-state index in [0.29, 0.717) is 12.5 Å². The Morgan fingerprint density at radius 1 is 1.58 bits per heavy atom. The molecule has 0 spiro atoms. The molecule has 0 aliphatic heterocycles. The molecule has 0 saturated heterocycles. The molecule has 3 nitrogen and oxygen atoms in total. The van der Waals surface area contributed by atoms with Crippen molar-refractivity contribution in [2.75, 3.05) is 19.5 Å². The maximum atomic E-state index is 11.0. The number of hydrogen-bond donors (Lipinski definition) is 2. The molecule has 0 saturated carbocycles. The second-order valence-electron chi connectivity index (χ2n) is 3.03. The molecule has 12 heavy (non-hydrogen) atoms. The van der Waals surface area contributed by atoms with E-state index in [4.69, 9.17) is 4.74 Å². The monoisotopic (exact) mass is 191 g/mol. The topological polar surface area (TPSA) is 38.3 Å². The molecule has 0 heterocycles. The molecule has 1 unspecified atom stereocenters. The molecular formula is C8H17NO2S. The Balaban J connectivity index is 3.86. The molecule has 0 aliphatic rings. The van der Waals surface area contributed by atoms with Gasteiger partial charge in [0.15, 0.2) is 0 Å². The minimum atomic E-state index is -0.0471. The third kappa shape index (κ3) is 4.62. The predicted octanol–water partition coefficient (Wildman–Crippen LogP) is 0.703. The Labute approximate surface area is 79.3 Å². The normalized spacial score (nSPS) is 13.1. The Morgan fingerprint density at radius 3 is 2.50 bits per heavy atom. The minimum absolute atomic E-state index is 0.0471. The van der Waals surface area contributed by atoms with Crippen LogP contribution < -0.4 is 5.32 Å². The summed E-state index contributed by atoms with van der Waals surface area (Å²) in [6, 6.07) is 0.0923. The molecule has 72 valence electrons. The van der Waals surface area contributed by atoms with Gasteiger partial charge in [0.25, 0.3) is 0 Å². The number of amides is 1. The summed E-state index contributed by atoms with van der Waals surface area (Å²) in [4.78, 5) is 11.0. The van der Waals surface area contributed by atoms with Crippen LogP contribution in [0.25, 0.3) is 0 Å². The summed E-state index contributed by atoms with van der Waals surface area (Å²) in [7, 11) is 1.63. The highest BCUT2D eigenvalue weighted by atomic mass is 32.1. The number of nitrogens with one attached hydrogen (secondary N) is 1. The summed E-state index contributed by atoms with van der Waals surface area (Å²) < 4.78 is 4.97. The molecule has 1 atom stereocenters. The van der Waals surface area contributed by atoms with E-state index in [1.165, 1.54) is 0 Å². The van der Waals surface area contributed by atoms with Gasteiger partial charge in [-0.25, -0.2) is 0 Å². The van der Waals surface area contributed by atoms with E-state index in [-0.39, 0.29) is 17.7 Å². The molecule has 0 radical (unpaired) electrons. The Kier molecular flexibility index (Phi) is 6.20. The van der Waals surface area contributed by atoms with Gasteiger partial charge in [-0.05, 0) is 5.92 Å². The lowest BCUT2D eigenvalue weighted by Crippen LogP contribution is -2.42. The fraction of sp³-hybridized carbons (Fsp3) is 0.875. The van der Waals surface area contributed by atoms with Gasteiger partial charge in [0.1, 0.15) is 0 Å². The van der Waals surface area contributed by atoms with Gasteiger partial charge < -0.3 is 10.1 Å². The number of carbonyl (C=O) groups is 1. The lowest BCUT2D eigenvalue weighted by molar-refractivity contribution is -0.119. The van der Waals surface area contributed by atoms with Crippen LogP contribution in [0.1, 0.15) is 13.8 Å². The summed E-state index contributed by atoms with van der Waals surface area (Å²) in [6.45, 7) is 4.64. The third-order valence-electron chi connectivity index (χ3n) is 1.64. The van der Waals surface area contributed by atoms with Crippen LogP contribution in [0.2, 0.25) is 0 Å². The van der Waals surface area contributed by atoms with Crippen molar-refractivity contribution in [3.63, 3.8) is 0 Å². The first kappa shape index (κ1) is 11.8. The number of rotatable bonds is 5.